The molecule has 1 aromatic rings. The minimum absolute atomic E-state index is 0.294. The van der Waals surface area contributed by atoms with Crippen molar-refractivity contribution in [3.05, 3.63) is 11.2 Å². The summed E-state index contributed by atoms with van der Waals surface area (Å²) in [6, 6.07) is 0.616. The third-order valence-electron chi connectivity index (χ3n) is 2.10. The van der Waals surface area contributed by atoms with Gasteiger partial charge in [-0.15, -0.1) is 0 Å². The second kappa shape index (κ2) is 5.51. The molecule has 0 N–H and O–H groups in total. The first-order chi connectivity index (χ1) is 7.10. The Balaban J connectivity index is 3.01. The van der Waals surface area contributed by atoms with Gasteiger partial charge in [-0.05, 0) is 6.92 Å². The van der Waals surface area contributed by atoms with Gasteiger partial charge in [-0.3, -0.25) is 0 Å². The van der Waals surface area contributed by atoms with Gasteiger partial charge in [0.1, 0.15) is 5.02 Å². The molecule has 0 aromatic carbocycles. The zero-order valence-electron chi connectivity index (χ0n) is 8.87. The Morgan fingerprint density at radius 3 is 2.87 bits per heavy atom. The number of halogens is 2. The number of nitrogens with zero attached hydrogens (tertiary/aromatic N) is 3. The lowest BCUT2D eigenvalue weighted by molar-refractivity contribution is 0.379. The molecule has 0 aliphatic heterocycles. The van der Waals surface area contributed by atoms with E-state index in [1.807, 2.05) is 11.9 Å². The van der Waals surface area contributed by atoms with E-state index in [0.29, 0.717) is 22.9 Å². The fourth-order valence-electron chi connectivity index (χ4n) is 1.00. The summed E-state index contributed by atoms with van der Waals surface area (Å²) in [5.74, 6) is 0.676. The van der Waals surface area contributed by atoms with Crippen LogP contribution in [0, 0.1) is 0 Å². The zero-order chi connectivity index (χ0) is 11.4. The van der Waals surface area contributed by atoms with E-state index in [0.717, 1.165) is 5.33 Å². The normalized spacial score (nSPS) is 12.3. The molecule has 1 aromatic heterocycles. The molecule has 0 aliphatic rings. The molecular weight excluding hydrogens is 281 g/mol. The van der Waals surface area contributed by atoms with Gasteiger partial charge >= 0.3 is 6.01 Å². The number of alkyl halides is 1. The number of hydrogen-bond donors (Lipinski definition) is 0. The third kappa shape index (κ3) is 2.95. The van der Waals surface area contributed by atoms with Crippen LogP contribution in [0.25, 0.3) is 0 Å². The summed E-state index contributed by atoms with van der Waals surface area (Å²) in [6.07, 6.45) is 1.54. The summed E-state index contributed by atoms with van der Waals surface area (Å²) in [5.41, 5.74) is 0. The molecule has 4 nitrogen and oxygen atoms in total. The van der Waals surface area contributed by atoms with Crippen LogP contribution in [-0.2, 0) is 0 Å². The number of hydrogen-bond acceptors (Lipinski definition) is 4. The minimum Gasteiger partial charge on any atom is -0.467 e. The SMILES string of the molecule is COc1ncc(Cl)c(N(C)C(C)CBr)n1. The molecule has 1 rings (SSSR count). The quantitative estimate of drug-likeness (QED) is 0.799. The van der Waals surface area contributed by atoms with E-state index in [1.54, 1.807) is 6.20 Å². The minimum atomic E-state index is 0.294. The van der Waals surface area contributed by atoms with Gasteiger partial charge in [0.25, 0.3) is 0 Å². The molecule has 0 saturated carbocycles. The number of aromatic nitrogens is 2. The molecule has 0 bridgehead atoms. The summed E-state index contributed by atoms with van der Waals surface area (Å²) in [5, 5.41) is 1.36. The average molecular weight is 295 g/mol. The Morgan fingerprint density at radius 2 is 2.33 bits per heavy atom. The van der Waals surface area contributed by atoms with Crippen molar-refractivity contribution in [2.24, 2.45) is 0 Å². The molecule has 6 heteroatoms. The molecule has 84 valence electrons. The van der Waals surface area contributed by atoms with Crippen molar-refractivity contribution >= 4 is 33.3 Å². The largest absolute Gasteiger partial charge is 0.467 e. The molecule has 0 aliphatic carbocycles. The van der Waals surface area contributed by atoms with Crippen molar-refractivity contribution in [1.82, 2.24) is 9.97 Å². The maximum absolute atomic E-state index is 6.01. The Kier molecular flexibility index (Phi) is 4.60. The van der Waals surface area contributed by atoms with Gasteiger partial charge in [-0.2, -0.15) is 4.98 Å². The molecule has 0 amide bonds. The van der Waals surface area contributed by atoms with Gasteiger partial charge in [-0.1, -0.05) is 27.5 Å². The standard InChI is InChI=1S/C9H13BrClN3O/c1-6(4-10)14(2)8-7(11)5-12-9(13-8)15-3/h5-6H,4H2,1-3H3. The predicted molar refractivity (Wildman–Crippen MR) is 65.3 cm³/mol. The first-order valence-corrected chi connectivity index (χ1v) is 5.95. The van der Waals surface area contributed by atoms with Gasteiger partial charge < -0.3 is 9.64 Å². The van der Waals surface area contributed by atoms with Crippen LogP contribution in [0.2, 0.25) is 5.02 Å². The van der Waals surface area contributed by atoms with Crippen molar-refractivity contribution in [3.8, 4) is 6.01 Å². The first-order valence-electron chi connectivity index (χ1n) is 4.45. The van der Waals surface area contributed by atoms with Crippen LogP contribution >= 0.6 is 27.5 Å². The summed E-state index contributed by atoms with van der Waals surface area (Å²) < 4.78 is 4.95. The smallest absolute Gasteiger partial charge is 0.318 e. The van der Waals surface area contributed by atoms with E-state index in [4.69, 9.17) is 16.3 Å². The topological polar surface area (TPSA) is 38.2 Å². The molecular formula is C9H13BrClN3O. The molecule has 15 heavy (non-hydrogen) atoms. The maximum Gasteiger partial charge on any atom is 0.318 e. The van der Waals surface area contributed by atoms with Crippen molar-refractivity contribution in [3.63, 3.8) is 0 Å². The van der Waals surface area contributed by atoms with E-state index in [-0.39, 0.29) is 0 Å². The van der Waals surface area contributed by atoms with Gasteiger partial charge in [0.2, 0.25) is 0 Å². The van der Waals surface area contributed by atoms with Crippen molar-refractivity contribution < 1.29 is 4.74 Å². The van der Waals surface area contributed by atoms with Gasteiger partial charge in [-0.25, -0.2) is 4.98 Å². The van der Waals surface area contributed by atoms with E-state index >= 15 is 0 Å². The Hall–Kier alpha value is -0.550. The summed E-state index contributed by atoms with van der Waals surface area (Å²) in [4.78, 5) is 10.1. The molecule has 0 spiro atoms. The number of ether oxygens (including phenoxy) is 1. The number of rotatable bonds is 4. The van der Waals surface area contributed by atoms with Gasteiger partial charge in [0.05, 0.1) is 13.3 Å². The van der Waals surface area contributed by atoms with Crippen molar-refractivity contribution in [1.29, 1.82) is 0 Å². The highest BCUT2D eigenvalue weighted by molar-refractivity contribution is 9.09. The fraction of sp³-hybridized carbons (Fsp3) is 0.556. The molecule has 0 fully saturated rings. The highest BCUT2D eigenvalue weighted by atomic mass is 79.9. The highest BCUT2D eigenvalue weighted by Gasteiger charge is 2.14. The number of anilines is 1. The maximum atomic E-state index is 6.01. The van der Waals surface area contributed by atoms with E-state index in [9.17, 15) is 0 Å². The van der Waals surface area contributed by atoms with Crippen molar-refractivity contribution in [2.75, 3.05) is 24.4 Å². The third-order valence-corrected chi connectivity index (χ3v) is 3.31. The predicted octanol–water partition coefficient (Wildman–Crippen LogP) is 2.36. The van der Waals surface area contributed by atoms with E-state index < -0.39 is 0 Å². The lowest BCUT2D eigenvalue weighted by Crippen LogP contribution is -2.31. The van der Waals surface area contributed by atoms with Gasteiger partial charge in [0, 0.05) is 18.4 Å². The second-order valence-electron chi connectivity index (χ2n) is 3.14. The van der Waals surface area contributed by atoms with Crippen LogP contribution in [0.4, 0.5) is 5.82 Å². The van der Waals surface area contributed by atoms with E-state index in [2.05, 4.69) is 32.8 Å². The molecule has 1 unspecified atom stereocenters. The average Bonchev–Trinajstić information content (AvgIpc) is 2.27. The molecule has 0 radical (unpaired) electrons. The van der Waals surface area contributed by atoms with Crippen LogP contribution in [0.3, 0.4) is 0 Å². The van der Waals surface area contributed by atoms with Crippen molar-refractivity contribution in [2.45, 2.75) is 13.0 Å². The van der Waals surface area contributed by atoms with E-state index in [1.165, 1.54) is 7.11 Å². The molecule has 1 heterocycles. The lowest BCUT2D eigenvalue weighted by atomic mass is 10.3. The number of methoxy groups -OCH3 is 1. The van der Waals surface area contributed by atoms with Crippen LogP contribution in [-0.4, -0.2) is 35.5 Å². The van der Waals surface area contributed by atoms with Gasteiger partial charge in [0.15, 0.2) is 5.82 Å². The second-order valence-corrected chi connectivity index (χ2v) is 4.20. The monoisotopic (exact) mass is 293 g/mol. The summed E-state index contributed by atoms with van der Waals surface area (Å²) in [7, 11) is 3.46. The lowest BCUT2D eigenvalue weighted by Gasteiger charge is -2.24. The first kappa shape index (κ1) is 12.5. The van der Waals surface area contributed by atoms with Crippen LogP contribution in [0.5, 0.6) is 6.01 Å². The fourth-order valence-corrected chi connectivity index (χ4v) is 1.66. The van der Waals surface area contributed by atoms with Crippen LogP contribution < -0.4 is 9.64 Å². The Labute approximate surface area is 103 Å². The summed E-state index contributed by atoms with van der Waals surface area (Å²) >= 11 is 9.42. The van der Waals surface area contributed by atoms with Crippen LogP contribution in [0.1, 0.15) is 6.92 Å². The molecule has 1 atom stereocenters. The zero-order valence-corrected chi connectivity index (χ0v) is 11.2. The molecule has 0 saturated heterocycles. The summed E-state index contributed by atoms with van der Waals surface area (Å²) in [6.45, 7) is 2.07. The Morgan fingerprint density at radius 1 is 1.67 bits per heavy atom. The van der Waals surface area contributed by atoms with Crippen LogP contribution in [0.15, 0.2) is 6.20 Å². The highest BCUT2D eigenvalue weighted by Crippen LogP contribution is 2.25. The Bertz CT molecular complexity index is 337.